The summed E-state index contributed by atoms with van der Waals surface area (Å²) in [6.07, 6.45) is 6.88. The van der Waals surface area contributed by atoms with Crippen LogP contribution in [-0.4, -0.2) is 336 Å². The number of rotatable bonds is 42. The summed E-state index contributed by atoms with van der Waals surface area (Å²) in [6, 6.07) is 0. The minimum Gasteiger partial charge on any atom is -0.489 e. The molecule has 0 rings (SSSR count). The van der Waals surface area contributed by atoms with E-state index >= 15 is 0 Å². The SMILES string of the molecule is C=C(C)OC(C)C(=O)NC(C)(C)C.C=C(C)OCC(=O)NC(C)(C)C.CC(C=NC(C)(C)C)OC(=O)C(C)OC(=O)C(C)C.COC(C)C(=O)NC(C)(C)C.COC(C)COC(C)C=NC(C)(C)C.COC(C)COC(C)C=NC(C)(C)C.COCC(=O)NC(C)(C)C.COCC(=O)OC(C)C(=O)OC(C)C=NC(C)(C)C.COCC(=O)OCC(=O)OCC=NC(C)(C)C.COCCOCC=NC(C)(C)C. The first-order valence-corrected chi connectivity index (χ1v) is 47.3. The fourth-order valence-corrected chi connectivity index (χ4v) is 7.49. The molecule has 10 atom stereocenters. The first kappa shape index (κ1) is 153. The van der Waals surface area contributed by atoms with Crippen LogP contribution < -0.4 is 21.3 Å². The molecule has 0 aliphatic carbocycles. The Morgan fingerprint density at radius 2 is 0.617 bits per heavy atom. The molecule has 141 heavy (non-hydrogen) atoms. The van der Waals surface area contributed by atoms with Crippen LogP contribution >= 0.6 is 0 Å². The van der Waals surface area contributed by atoms with Gasteiger partial charge in [-0.25, -0.2) is 24.0 Å². The second-order valence-electron chi connectivity index (χ2n) is 42.7. The maximum Gasteiger partial charge on any atom is 0.347 e. The molecule has 0 heterocycles. The number of esters is 6. The van der Waals surface area contributed by atoms with Crippen LogP contribution in [0.3, 0.4) is 0 Å². The van der Waals surface area contributed by atoms with Crippen LogP contribution in [0, 0.1) is 5.92 Å². The largest absolute Gasteiger partial charge is 0.489 e. The summed E-state index contributed by atoms with van der Waals surface area (Å²) in [5.41, 5.74) is -1.43. The molecule has 0 fully saturated rings. The van der Waals surface area contributed by atoms with E-state index in [1.54, 1.807) is 95.4 Å². The quantitative estimate of drug-likeness (QED) is 0.0145. The van der Waals surface area contributed by atoms with Gasteiger partial charge in [-0.1, -0.05) is 27.0 Å². The molecule has 38 heteroatoms. The fraction of sp³-hybridized carbons (Fsp3) is 0.806. The number of amides is 4. The monoisotopic (exact) mass is 2030 g/mol. The third kappa shape index (κ3) is 136. The van der Waals surface area contributed by atoms with E-state index in [-0.39, 0.29) is 148 Å². The second-order valence-corrected chi connectivity index (χ2v) is 42.7. The normalized spacial score (nSPS) is 14.0. The average molecular weight is 2030 g/mol. The Bertz CT molecular complexity index is 3510. The van der Waals surface area contributed by atoms with E-state index in [4.69, 9.17) is 66.3 Å². The van der Waals surface area contributed by atoms with Gasteiger partial charge in [0.2, 0.25) is 11.8 Å². The maximum atomic E-state index is 11.7. The Kier molecular flexibility index (Phi) is 88.4. The van der Waals surface area contributed by atoms with Crippen LogP contribution in [-0.2, 0) is 133 Å². The first-order valence-electron chi connectivity index (χ1n) is 47.3. The molecule has 10 unspecified atom stereocenters. The highest BCUT2D eigenvalue weighted by atomic mass is 16.6. The van der Waals surface area contributed by atoms with Gasteiger partial charge in [0.25, 0.3) is 11.8 Å². The van der Waals surface area contributed by atoms with Gasteiger partial charge in [0.1, 0.15) is 44.7 Å². The van der Waals surface area contributed by atoms with E-state index in [0.717, 1.165) is 0 Å². The first-order chi connectivity index (χ1) is 63.6. The molecule has 38 nitrogen and oxygen atoms in total. The lowest BCUT2D eigenvalue weighted by atomic mass is 10.1. The Morgan fingerprint density at radius 3 is 0.922 bits per heavy atom. The molecule has 0 spiro atoms. The molecule has 0 aromatic heterocycles. The number of hydrogen-bond acceptors (Lipinski definition) is 34. The van der Waals surface area contributed by atoms with Gasteiger partial charge in [-0.3, -0.25) is 53.9 Å². The van der Waals surface area contributed by atoms with Crippen molar-refractivity contribution in [3.63, 3.8) is 0 Å². The lowest BCUT2D eigenvalue weighted by Gasteiger charge is -2.23. The van der Waals surface area contributed by atoms with Crippen LogP contribution in [0.15, 0.2) is 54.6 Å². The highest BCUT2D eigenvalue weighted by molar-refractivity contribution is 5.84. The van der Waals surface area contributed by atoms with Crippen LogP contribution in [0.5, 0.6) is 0 Å². The number of allylic oxidation sites excluding steroid dienone is 2. The smallest absolute Gasteiger partial charge is 0.347 e. The molecular formula is C103H200N10O28. The molecule has 0 aliphatic heterocycles. The Hall–Kier alpha value is -8.60. The fourth-order valence-electron chi connectivity index (χ4n) is 7.49. The maximum absolute atomic E-state index is 11.7. The van der Waals surface area contributed by atoms with Gasteiger partial charge in [0, 0.05) is 109 Å². The van der Waals surface area contributed by atoms with E-state index in [1.807, 2.05) is 186 Å². The van der Waals surface area contributed by atoms with Crippen molar-refractivity contribution in [3.8, 4) is 0 Å². The molecule has 4 amide bonds. The summed E-state index contributed by atoms with van der Waals surface area (Å²) in [7, 11) is 10.8. The standard InChI is InChI=1S/C14H25NO4.C13H23NO5.C11H19NO5.2C11H23NO2.C10H19NO2.C9H17NO2.C9H19NO2.C8H17NO2.C7H15NO2/c1-9(2)12(16)19-11(4)13(17)18-10(3)8-15-14(5,6)7;1-9(7-14-13(3,4)5)18-12(16)10(2)19-11(15)8-17-6;1-11(2,3)12-5-6-16-10(14)8-17-9(13)7-15-4;2*1-9(7-12-11(3,4)5)14-8-10(2)13-6;1-7(2)13-8(3)9(12)11-10(4,5)6;1-7(2)12-6-8(11)10-9(3,4)5;1-9(2,3)10-5-6-12-8-7-11-4;1-6(11-5)7(10)9-8(2,3)4;1-7(2,3)8-6(9)5-10-4/h8-11H,1-7H3;7,9-10H,8H2,1-6H3;5H,6-8H2,1-4H3;2*7,9-10H,8H2,1-6H3;8H,1H2,2-6H3,(H,11,12);1,6H2,2-5H3,(H,10,11);5H,6-8H2,1-4H3;6H,1-5H3,(H,9,10);5H2,1-4H3,(H,8,9). The molecular weight excluding hydrogens is 1830 g/mol. The van der Waals surface area contributed by atoms with Gasteiger partial charge in [0.15, 0.2) is 31.5 Å². The van der Waals surface area contributed by atoms with Crippen molar-refractivity contribution in [1.82, 2.24) is 21.3 Å². The van der Waals surface area contributed by atoms with Crippen molar-refractivity contribution < 1.29 is 133 Å². The van der Waals surface area contributed by atoms with Crippen LogP contribution in [0.2, 0.25) is 0 Å². The summed E-state index contributed by atoms with van der Waals surface area (Å²) >= 11 is 0. The van der Waals surface area contributed by atoms with E-state index < -0.39 is 72.9 Å². The van der Waals surface area contributed by atoms with Gasteiger partial charge < -0.3 is 107 Å². The van der Waals surface area contributed by atoms with Crippen molar-refractivity contribution in [2.24, 2.45) is 35.9 Å². The number of ether oxygens (including phenoxy) is 18. The number of carbonyl (C=O) groups excluding carboxylic acids is 10. The van der Waals surface area contributed by atoms with E-state index in [2.05, 4.69) is 146 Å². The number of aliphatic imine (C=N–C) groups is 6. The summed E-state index contributed by atoms with van der Waals surface area (Å²) in [4.78, 5) is 138. The molecule has 0 saturated heterocycles. The molecule has 0 radical (unpaired) electrons. The Morgan fingerprint density at radius 1 is 0.298 bits per heavy atom. The number of nitrogens with zero attached hydrogens (tertiary/aromatic N) is 6. The summed E-state index contributed by atoms with van der Waals surface area (Å²) in [5.74, 6) is -2.97. The zero-order valence-electron chi connectivity index (χ0n) is 97.1. The molecule has 0 bridgehead atoms. The van der Waals surface area contributed by atoms with E-state index in [0.29, 0.717) is 44.6 Å². The molecule has 0 aromatic carbocycles. The minimum atomic E-state index is -0.965. The third-order valence-corrected chi connectivity index (χ3v) is 14.0. The predicted octanol–water partition coefficient (Wildman–Crippen LogP) is 15.2. The topological polar surface area (TPSA) is 459 Å². The van der Waals surface area contributed by atoms with Crippen molar-refractivity contribution in [2.75, 3.05) is 122 Å². The van der Waals surface area contributed by atoms with Crippen molar-refractivity contribution >= 4 is 96.7 Å². The summed E-state index contributed by atoms with van der Waals surface area (Å²) in [6.45, 7) is 93.3. The van der Waals surface area contributed by atoms with Crippen LogP contribution in [0.1, 0.15) is 305 Å². The summed E-state index contributed by atoms with van der Waals surface area (Å²) < 4.78 is 89.2. The molecule has 830 valence electrons. The second kappa shape index (κ2) is 81.7. The number of nitrogens with one attached hydrogen (secondary N) is 4. The van der Waals surface area contributed by atoms with Gasteiger partial charge in [0.05, 0.1) is 108 Å². The summed E-state index contributed by atoms with van der Waals surface area (Å²) in [5, 5.41) is 11.2. The molecule has 0 aliphatic rings. The minimum absolute atomic E-state index is 0.00458. The predicted molar refractivity (Wildman–Crippen MR) is 565 cm³/mol. The number of methoxy groups -OCH3 is 7. The van der Waals surface area contributed by atoms with Crippen LogP contribution in [0.25, 0.3) is 0 Å². The molecule has 0 aromatic rings. The average Bonchev–Trinajstić information content (AvgIpc) is 0.907. The van der Waals surface area contributed by atoms with Gasteiger partial charge in [-0.2, -0.15) is 0 Å². The highest BCUT2D eigenvalue weighted by Gasteiger charge is 2.26. The zero-order chi connectivity index (χ0) is 113. The van der Waals surface area contributed by atoms with E-state index in [9.17, 15) is 47.9 Å². The molecule has 0 saturated carbocycles. The van der Waals surface area contributed by atoms with Gasteiger partial charge >= 0.3 is 35.8 Å². The molecule has 4 N–H and O–H groups in total. The Balaban J connectivity index is -0.000000170. The van der Waals surface area contributed by atoms with Crippen molar-refractivity contribution in [2.45, 2.75) is 421 Å². The van der Waals surface area contributed by atoms with Crippen LogP contribution in [0.4, 0.5) is 0 Å². The third-order valence-electron chi connectivity index (χ3n) is 14.0. The lowest BCUT2D eigenvalue weighted by molar-refractivity contribution is -0.169. The highest BCUT2D eigenvalue weighted by Crippen LogP contribution is 2.14. The van der Waals surface area contributed by atoms with Gasteiger partial charge in [-0.15, -0.1) is 0 Å². The Labute approximate surface area is 851 Å². The zero-order valence-corrected chi connectivity index (χ0v) is 97.1. The van der Waals surface area contributed by atoms with E-state index in [1.165, 1.54) is 48.5 Å². The van der Waals surface area contributed by atoms with Crippen molar-refractivity contribution in [1.29, 1.82) is 0 Å². The number of hydrogen-bond donors (Lipinski definition) is 4. The lowest BCUT2D eigenvalue weighted by Crippen LogP contribution is -2.45. The van der Waals surface area contributed by atoms with Crippen molar-refractivity contribution in [3.05, 3.63) is 24.7 Å². The number of carbonyl (C=O) groups is 10. The van der Waals surface area contributed by atoms with Gasteiger partial charge in [-0.05, 0) is 291 Å².